The van der Waals surface area contributed by atoms with Gasteiger partial charge in [-0.3, -0.25) is 14.3 Å². The molecule has 0 atom stereocenters. The van der Waals surface area contributed by atoms with Crippen molar-refractivity contribution < 1.29 is 5.11 Å². The maximum Gasteiger partial charge on any atom is 0.262 e. The third kappa shape index (κ3) is 2.42. The second-order valence-electron chi connectivity index (χ2n) is 4.61. The Bertz CT molecular complexity index is 813. The maximum absolute atomic E-state index is 11.9. The van der Waals surface area contributed by atoms with Crippen molar-refractivity contribution >= 4 is 29.9 Å². The number of allylic oxidation sites excluding steroid dienone is 1. The van der Waals surface area contributed by atoms with Crippen LogP contribution in [-0.4, -0.2) is 14.7 Å². The molecule has 2 N–H and O–H groups in total. The van der Waals surface area contributed by atoms with Gasteiger partial charge in [0.05, 0.1) is 5.69 Å². The Kier molecular flexibility index (Phi) is 3.23. The van der Waals surface area contributed by atoms with E-state index in [1.54, 1.807) is 30.3 Å². The van der Waals surface area contributed by atoms with Crippen molar-refractivity contribution in [1.82, 2.24) is 9.55 Å². The number of nitrogens with one attached hydrogen (secondary N) is 1. The van der Waals surface area contributed by atoms with E-state index in [4.69, 9.17) is 23.8 Å². The van der Waals surface area contributed by atoms with Gasteiger partial charge in [-0.25, -0.2) is 0 Å². The average molecular weight is 307 g/mol. The molecule has 0 radical (unpaired) electrons. The lowest BCUT2D eigenvalue weighted by molar-refractivity contribution is 0.432. The zero-order valence-electron chi connectivity index (χ0n) is 10.4. The molecule has 0 aliphatic heterocycles. The van der Waals surface area contributed by atoms with Crippen LogP contribution in [0.3, 0.4) is 0 Å². The van der Waals surface area contributed by atoms with Crippen LogP contribution in [0.25, 0.3) is 11.8 Å². The highest BCUT2D eigenvalue weighted by Gasteiger charge is 2.17. The van der Waals surface area contributed by atoms with E-state index in [9.17, 15) is 9.90 Å². The minimum absolute atomic E-state index is 0.146. The van der Waals surface area contributed by atoms with Gasteiger partial charge in [-0.2, -0.15) is 0 Å². The first-order valence-electron chi connectivity index (χ1n) is 6.10. The summed E-state index contributed by atoms with van der Waals surface area (Å²) in [5.41, 5.74) is 1.65. The van der Waals surface area contributed by atoms with Gasteiger partial charge in [0.25, 0.3) is 5.56 Å². The molecule has 1 aliphatic rings. The zero-order valence-corrected chi connectivity index (χ0v) is 12.0. The first kappa shape index (κ1) is 13.1. The second kappa shape index (κ2) is 4.92. The monoisotopic (exact) mass is 306 g/mol. The standard InChI is InChI=1S/C14H11ClN2O2S/c15-9-3-5-10(6-4-9)17-13(19)11(7-8-1-2-8)12(18)16-14(17)20/h3-7,19H,1-2H2,(H,16,18,20). The quantitative estimate of drug-likeness (QED) is 0.836. The van der Waals surface area contributed by atoms with Crippen LogP contribution < -0.4 is 5.56 Å². The molecule has 4 nitrogen and oxygen atoms in total. The Morgan fingerprint density at radius 3 is 2.55 bits per heavy atom. The predicted molar refractivity (Wildman–Crippen MR) is 81.1 cm³/mol. The van der Waals surface area contributed by atoms with Crippen LogP contribution in [0.5, 0.6) is 5.88 Å². The van der Waals surface area contributed by atoms with Gasteiger partial charge >= 0.3 is 0 Å². The van der Waals surface area contributed by atoms with Gasteiger partial charge in [-0.15, -0.1) is 0 Å². The summed E-state index contributed by atoms with van der Waals surface area (Å²) < 4.78 is 1.56. The Morgan fingerprint density at radius 2 is 1.95 bits per heavy atom. The fourth-order valence-corrected chi connectivity index (χ4v) is 2.33. The van der Waals surface area contributed by atoms with E-state index in [1.807, 2.05) is 0 Å². The molecule has 1 aliphatic carbocycles. The number of aromatic hydroxyl groups is 1. The fraction of sp³-hybridized carbons (Fsp3) is 0.143. The molecule has 1 fully saturated rings. The summed E-state index contributed by atoms with van der Waals surface area (Å²) in [6.45, 7) is 0. The summed E-state index contributed by atoms with van der Waals surface area (Å²) in [5.74, 6) is -0.152. The highest BCUT2D eigenvalue weighted by atomic mass is 35.5. The van der Waals surface area contributed by atoms with Crippen molar-refractivity contribution in [3.63, 3.8) is 0 Å². The molecule has 0 bridgehead atoms. The molecule has 0 unspecified atom stereocenters. The van der Waals surface area contributed by atoms with E-state index in [0.717, 1.165) is 18.4 Å². The Hall–Kier alpha value is -1.85. The fourth-order valence-electron chi connectivity index (χ4n) is 1.92. The van der Waals surface area contributed by atoms with Crippen molar-refractivity contribution in [3.8, 4) is 11.6 Å². The third-order valence-corrected chi connectivity index (χ3v) is 3.63. The average Bonchev–Trinajstić information content (AvgIpc) is 3.20. The van der Waals surface area contributed by atoms with Crippen LogP contribution >= 0.6 is 23.8 Å². The molecule has 1 aromatic heterocycles. The molecule has 0 amide bonds. The number of hydrogen-bond donors (Lipinski definition) is 2. The summed E-state index contributed by atoms with van der Waals surface area (Å²) in [6, 6.07) is 6.85. The summed E-state index contributed by atoms with van der Waals surface area (Å²) in [7, 11) is 0. The molecule has 0 saturated heterocycles. The van der Waals surface area contributed by atoms with E-state index in [1.165, 1.54) is 4.57 Å². The maximum atomic E-state index is 11.9. The lowest BCUT2D eigenvalue weighted by atomic mass is 10.2. The van der Waals surface area contributed by atoms with Crippen LogP contribution in [0.15, 0.2) is 34.6 Å². The van der Waals surface area contributed by atoms with Gasteiger partial charge in [-0.05, 0) is 55.4 Å². The number of rotatable bonds is 2. The molecular formula is C14H11ClN2O2S. The van der Waals surface area contributed by atoms with Crippen LogP contribution in [-0.2, 0) is 0 Å². The van der Waals surface area contributed by atoms with Crippen molar-refractivity contribution in [2.24, 2.45) is 0 Å². The van der Waals surface area contributed by atoms with Crippen LogP contribution in [0.1, 0.15) is 18.4 Å². The lowest BCUT2D eigenvalue weighted by Gasteiger charge is -2.11. The predicted octanol–water partition coefficient (Wildman–Crippen LogP) is 3.43. The van der Waals surface area contributed by atoms with Gasteiger partial charge in [0.1, 0.15) is 5.56 Å². The molecular weight excluding hydrogens is 296 g/mol. The van der Waals surface area contributed by atoms with E-state index in [0.29, 0.717) is 10.7 Å². The Balaban J connectivity index is 2.25. The van der Waals surface area contributed by atoms with Gasteiger partial charge in [0.2, 0.25) is 5.88 Å². The smallest absolute Gasteiger partial charge is 0.262 e. The largest absolute Gasteiger partial charge is 0.494 e. The SMILES string of the molecule is O=c1[nH]c(=S)n(-c2ccc(Cl)cc2)c(O)c1C=C1CC1. The van der Waals surface area contributed by atoms with Gasteiger partial charge in [0.15, 0.2) is 4.77 Å². The number of aromatic nitrogens is 2. The van der Waals surface area contributed by atoms with Crippen molar-refractivity contribution in [2.75, 3.05) is 0 Å². The lowest BCUT2D eigenvalue weighted by Crippen LogP contribution is -2.15. The molecule has 1 heterocycles. The van der Waals surface area contributed by atoms with E-state index in [-0.39, 0.29) is 21.8 Å². The van der Waals surface area contributed by atoms with Crippen LogP contribution in [0.4, 0.5) is 0 Å². The minimum atomic E-state index is -0.378. The van der Waals surface area contributed by atoms with Crippen molar-refractivity contribution in [1.29, 1.82) is 0 Å². The van der Waals surface area contributed by atoms with Gasteiger partial charge in [0, 0.05) is 5.02 Å². The molecule has 2 aromatic rings. The third-order valence-electron chi connectivity index (χ3n) is 3.09. The molecule has 6 heteroatoms. The highest BCUT2D eigenvalue weighted by Crippen LogP contribution is 2.31. The molecule has 1 saturated carbocycles. The number of nitrogens with zero attached hydrogens (tertiary/aromatic N) is 1. The van der Waals surface area contributed by atoms with Crippen LogP contribution in [0, 0.1) is 4.77 Å². The number of hydrogen-bond acceptors (Lipinski definition) is 3. The van der Waals surface area contributed by atoms with E-state index < -0.39 is 0 Å². The summed E-state index contributed by atoms with van der Waals surface area (Å²) in [6.07, 6.45) is 3.65. The first-order chi connectivity index (χ1) is 9.56. The number of H-pyrrole nitrogens is 1. The van der Waals surface area contributed by atoms with Crippen molar-refractivity contribution in [2.45, 2.75) is 12.8 Å². The number of benzene rings is 1. The number of aromatic amines is 1. The van der Waals surface area contributed by atoms with Crippen molar-refractivity contribution in [3.05, 3.63) is 55.5 Å². The second-order valence-corrected chi connectivity index (χ2v) is 5.43. The zero-order chi connectivity index (χ0) is 14.3. The minimum Gasteiger partial charge on any atom is -0.494 e. The van der Waals surface area contributed by atoms with Gasteiger partial charge < -0.3 is 5.11 Å². The topological polar surface area (TPSA) is 58.0 Å². The summed E-state index contributed by atoms with van der Waals surface area (Å²) in [4.78, 5) is 14.5. The van der Waals surface area contributed by atoms with E-state index >= 15 is 0 Å². The van der Waals surface area contributed by atoms with E-state index in [2.05, 4.69) is 4.98 Å². The number of halogens is 1. The molecule has 0 spiro atoms. The molecule has 3 rings (SSSR count). The highest BCUT2D eigenvalue weighted by molar-refractivity contribution is 7.71. The molecule has 20 heavy (non-hydrogen) atoms. The van der Waals surface area contributed by atoms with Gasteiger partial charge in [-0.1, -0.05) is 17.2 Å². The summed E-state index contributed by atoms with van der Waals surface area (Å²) in [5, 5.41) is 10.9. The summed E-state index contributed by atoms with van der Waals surface area (Å²) >= 11 is 11.0. The molecule has 1 aromatic carbocycles. The van der Waals surface area contributed by atoms with Crippen LogP contribution in [0.2, 0.25) is 5.02 Å². The Morgan fingerprint density at radius 1 is 1.30 bits per heavy atom. The Labute approximate surface area is 125 Å². The normalized spacial score (nSPS) is 13.3. The first-order valence-corrected chi connectivity index (χ1v) is 6.88. The molecule has 102 valence electrons.